The van der Waals surface area contributed by atoms with E-state index in [4.69, 9.17) is 21.1 Å². The van der Waals surface area contributed by atoms with Crippen molar-refractivity contribution >= 4 is 11.6 Å². The topological polar surface area (TPSA) is 30.5 Å². The maximum absolute atomic E-state index is 5.78. The van der Waals surface area contributed by atoms with Crippen LogP contribution in [0.5, 0.6) is 11.5 Å². The number of methoxy groups -OCH3 is 2. The van der Waals surface area contributed by atoms with Crippen LogP contribution in [0.15, 0.2) is 18.2 Å². The Morgan fingerprint density at radius 1 is 1.21 bits per heavy atom. The molecule has 1 unspecified atom stereocenters. The normalized spacial score (nSPS) is 12.2. The Bertz CT molecular complexity index is 371. The second-order valence-corrected chi connectivity index (χ2v) is 5.08. The molecule has 0 fully saturated rings. The summed E-state index contributed by atoms with van der Waals surface area (Å²) in [4.78, 5) is 0. The molecule has 0 aromatic heterocycles. The summed E-state index contributed by atoms with van der Waals surface area (Å²) in [5, 5.41) is 3.43. The van der Waals surface area contributed by atoms with Crippen molar-refractivity contribution in [2.75, 3.05) is 26.6 Å². The molecule has 0 aliphatic heterocycles. The molecule has 19 heavy (non-hydrogen) atoms. The van der Waals surface area contributed by atoms with Crippen LogP contribution in [0.25, 0.3) is 0 Å². The highest BCUT2D eigenvalue weighted by atomic mass is 35.5. The Labute approximate surface area is 121 Å². The number of nitrogens with one attached hydrogen (secondary N) is 1. The van der Waals surface area contributed by atoms with Crippen LogP contribution >= 0.6 is 11.6 Å². The lowest BCUT2D eigenvalue weighted by Gasteiger charge is -2.11. The standard InChI is InChI=1S/C15H24ClNO2/c1-12(10-16)5-4-8-17-11-13-6-7-14(18-2)15(9-13)19-3/h6-7,9,12,17H,4-5,8,10-11H2,1-3H3. The predicted molar refractivity (Wildman–Crippen MR) is 80.4 cm³/mol. The Morgan fingerprint density at radius 2 is 1.95 bits per heavy atom. The summed E-state index contributed by atoms with van der Waals surface area (Å²) in [6.45, 7) is 4.03. The summed E-state index contributed by atoms with van der Waals surface area (Å²) in [5.41, 5.74) is 1.20. The number of ether oxygens (including phenoxy) is 2. The maximum Gasteiger partial charge on any atom is 0.161 e. The van der Waals surface area contributed by atoms with E-state index in [9.17, 15) is 0 Å². The largest absolute Gasteiger partial charge is 0.493 e. The van der Waals surface area contributed by atoms with Crippen LogP contribution in [-0.4, -0.2) is 26.6 Å². The number of halogens is 1. The second kappa shape index (κ2) is 9.05. The summed E-state index contributed by atoms with van der Waals surface area (Å²) in [7, 11) is 3.30. The van der Waals surface area contributed by atoms with Gasteiger partial charge in [-0.05, 0) is 43.0 Å². The van der Waals surface area contributed by atoms with Crippen molar-refractivity contribution in [2.24, 2.45) is 5.92 Å². The quantitative estimate of drug-likeness (QED) is 0.557. The van der Waals surface area contributed by atoms with Gasteiger partial charge in [0.15, 0.2) is 11.5 Å². The second-order valence-electron chi connectivity index (χ2n) is 4.77. The third-order valence-electron chi connectivity index (χ3n) is 3.09. The van der Waals surface area contributed by atoms with Crippen molar-refractivity contribution in [3.05, 3.63) is 23.8 Å². The molecule has 0 radical (unpaired) electrons. The molecule has 0 heterocycles. The van der Waals surface area contributed by atoms with Gasteiger partial charge in [0.1, 0.15) is 0 Å². The van der Waals surface area contributed by atoms with Crippen LogP contribution in [0.1, 0.15) is 25.3 Å². The summed E-state index contributed by atoms with van der Waals surface area (Å²) < 4.78 is 10.5. The predicted octanol–water partition coefficient (Wildman–Crippen LogP) is 3.45. The van der Waals surface area contributed by atoms with Gasteiger partial charge in [-0.15, -0.1) is 11.6 Å². The molecule has 1 atom stereocenters. The molecule has 4 heteroatoms. The molecule has 0 saturated carbocycles. The molecule has 1 N–H and O–H groups in total. The SMILES string of the molecule is COc1ccc(CNCCCC(C)CCl)cc1OC. The number of hydrogen-bond donors (Lipinski definition) is 1. The highest BCUT2D eigenvalue weighted by Crippen LogP contribution is 2.27. The van der Waals surface area contributed by atoms with E-state index >= 15 is 0 Å². The number of hydrogen-bond acceptors (Lipinski definition) is 3. The fraction of sp³-hybridized carbons (Fsp3) is 0.600. The fourth-order valence-corrected chi connectivity index (χ4v) is 2.03. The van der Waals surface area contributed by atoms with Gasteiger partial charge in [-0.1, -0.05) is 13.0 Å². The molecular weight excluding hydrogens is 262 g/mol. The molecule has 0 aliphatic rings. The Hall–Kier alpha value is -0.930. The van der Waals surface area contributed by atoms with Gasteiger partial charge < -0.3 is 14.8 Å². The lowest BCUT2D eigenvalue weighted by Crippen LogP contribution is -2.15. The molecule has 0 spiro atoms. The fourth-order valence-electron chi connectivity index (χ4n) is 1.88. The van der Waals surface area contributed by atoms with Crippen LogP contribution in [0.4, 0.5) is 0 Å². The first-order valence-electron chi connectivity index (χ1n) is 6.68. The van der Waals surface area contributed by atoms with Crippen molar-refractivity contribution in [1.29, 1.82) is 0 Å². The average Bonchev–Trinajstić information content (AvgIpc) is 2.46. The molecule has 0 amide bonds. The van der Waals surface area contributed by atoms with Crippen molar-refractivity contribution in [1.82, 2.24) is 5.32 Å². The third-order valence-corrected chi connectivity index (χ3v) is 3.62. The average molecular weight is 286 g/mol. The smallest absolute Gasteiger partial charge is 0.161 e. The first-order chi connectivity index (χ1) is 9.21. The van der Waals surface area contributed by atoms with E-state index in [1.54, 1.807) is 14.2 Å². The molecule has 1 aromatic carbocycles. The Kier molecular flexibility index (Phi) is 7.68. The number of rotatable bonds is 9. The third kappa shape index (κ3) is 5.70. The van der Waals surface area contributed by atoms with Gasteiger partial charge in [0.2, 0.25) is 0 Å². The number of alkyl halides is 1. The Balaban J connectivity index is 2.33. The first kappa shape index (κ1) is 16.1. The highest BCUT2D eigenvalue weighted by molar-refractivity contribution is 6.18. The van der Waals surface area contributed by atoms with Gasteiger partial charge in [0.05, 0.1) is 14.2 Å². The minimum atomic E-state index is 0.601. The van der Waals surface area contributed by atoms with Crippen molar-refractivity contribution in [2.45, 2.75) is 26.3 Å². The van der Waals surface area contributed by atoms with E-state index in [1.165, 1.54) is 12.0 Å². The molecule has 0 bridgehead atoms. The van der Waals surface area contributed by atoms with Crippen LogP contribution in [0.3, 0.4) is 0 Å². The monoisotopic (exact) mass is 285 g/mol. The summed E-state index contributed by atoms with van der Waals surface area (Å²) in [6, 6.07) is 5.99. The zero-order valence-electron chi connectivity index (χ0n) is 12.0. The van der Waals surface area contributed by atoms with Crippen LogP contribution in [0, 0.1) is 5.92 Å². The van der Waals surface area contributed by atoms with Crippen LogP contribution < -0.4 is 14.8 Å². The lowest BCUT2D eigenvalue weighted by molar-refractivity contribution is 0.354. The summed E-state index contributed by atoms with van der Waals surface area (Å²) in [6.07, 6.45) is 2.32. The van der Waals surface area contributed by atoms with Gasteiger partial charge in [-0.25, -0.2) is 0 Å². The molecule has 108 valence electrons. The summed E-state index contributed by atoms with van der Waals surface area (Å²) >= 11 is 5.78. The molecule has 3 nitrogen and oxygen atoms in total. The minimum Gasteiger partial charge on any atom is -0.493 e. The van der Waals surface area contributed by atoms with E-state index in [0.717, 1.165) is 36.9 Å². The van der Waals surface area contributed by atoms with Gasteiger partial charge in [0.25, 0.3) is 0 Å². The molecule has 1 rings (SSSR count). The van der Waals surface area contributed by atoms with Crippen molar-refractivity contribution in [3.8, 4) is 11.5 Å². The minimum absolute atomic E-state index is 0.601. The molecule has 0 aliphatic carbocycles. The number of benzene rings is 1. The molecule has 1 aromatic rings. The maximum atomic E-state index is 5.78. The van der Waals surface area contributed by atoms with E-state index in [1.807, 2.05) is 12.1 Å². The van der Waals surface area contributed by atoms with Crippen molar-refractivity contribution < 1.29 is 9.47 Å². The van der Waals surface area contributed by atoms with Crippen LogP contribution in [-0.2, 0) is 6.54 Å². The molecular formula is C15H24ClNO2. The molecule has 0 saturated heterocycles. The van der Waals surface area contributed by atoms with E-state index in [-0.39, 0.29) is 0 Å². The van der Waals surface area contributed by atoms with E-state index in [2.05, 4.69) is 18.3 Å². The van der Waals surface area contributed by atoms with Gasteiger partial charge in [-0.3, -0.25) is 0 Å². The zero-order valence-corrected chi connectivity index (χ0v) is 12.8. The first-order valence-corrected chi connectivity index (χ1v) is 7.22. The zero-order chi connectivity index (χ0) is 14.1. The highest BCUT2D eigenvalue weighted by Gasteiger charge is 2.04. The van der Waals surface area contributed by atoms with Crippen molar-refractivity contribution in [3.63, 3.8) is 0 Å². The van der Waals surface area contributed by atoms with Gasteiger partial charge >= 0.3 is 0 Å². The Morgan fingerprint density at radius 3 is 2.58 bits per heavy atom. The lowest BCUT2D eigenvalue weighted by atomic mass is 10.1. The van der Waals surface area contributed by atoms with Gasteiger partial charge in [-0.2, -0.15) is 0 Å². The summed E-state index contributed by atoms with van der Waals surface area (Å²) in [5.74, 6) is 2.89. The van der Waals surface area contributed by atoms with E-state index in [0.29, 0.717) is 5.92 Å². The van der Waals surface area contributed by atoms with Gasteiger partial charge in [0, 0.05) is 12.4 Å². The van der Waals surface area contributed by atoms with E-state index < -0.39 is 0 Å². The van der Waals surface area contributed by atoms with Crippen LogP contribution in [0.2, 0.25) is 0 Å².